The second-order valence-corrected chi connectivity index (χ2v) is 5.02. The van der Waals surface area contributed by atoms with Crippen molar-refractivity contribution in [1.29, 1.82) is 0 Å². The summed E-state index contributed by atoms with van der Waals surface area (Å²) in [6, 6.07) is 11.0. The first-order valence-corrected chi connectivity index (χ1v) is 7.04. The number of aromatic nitrogens is 3. The minimum absolute atomic E-state index is 0.0484. The summed E-state index contributed by atoms with van der Waals surface area (Å²) in [5.41, 5.74) is 3.26. The molecule has 0 aliphatic rings. The Morgan fingerprint density at radius 3 is 2.41 bits per heavy atom. The molecule has 0 atom stereocenters. The number of amides is 1. The molecule has 0 aliphatic carbocycles. The van der Waals surface area contributed by atoms with Crippen molar-refractivity contribution < 1.29 is 9.90 Å². The monoisotopic (exact) mass is 296 g/mol. The van der Waals surface area contributed by atoms with Gasteiger partial charge in [-0.2, -0.15) is 0 Å². The van der Waals surface area contributed by atoms with Gasteiger partial charge in [0.1, 0.15) is 16.7 Å². The average Bonchev–Trinajstić information content (AvgIpc) is 2.92. The third-order valence-electron chi connectivity index (χ3n) is 3.37. The lowest BCUT2D eigenvalue weighted by atomic mass is 10.1. The van der Waals surface area contributed by atoms with Crippen molar-refractivity contribution in [3.8, 4) is 11.4 Å². The summed E-state index contributed by atoms with van der Waals surface area (Å²) in [6.07, 6.45) is 0.765. The molecule has 3 rings (SSSR count). The van der Waals surface area contributed by atoms with E-state index in [1.807, 2.05) is 37.3 Å². The summed E-state index contributed by atoms with van der Waals surface area (Å²) >= 11 is 0. The van der Waals surface area contributed by atoms with Crippen LogP contribution in [0.25, 0.3) is 16.7 Å². The van der Waals surface area contributed by atoms with E-state index in [4.69, 9.17) is 0 Å². The molecule has 0 unspecified atom stereocenters. The first-order valence-electron chi connectivity index (χ1n) is 7.04. The molecule has 6 heteroatoms. The van der Waals surface area contributed by atoms with Crippen LogP contribution in [0.4, 0.5) is 5.69 Å². The highest BCUT2D eigenvalue weighted by Crippen LogP contribution is 2.32. The molecule has 0 aliphatic heterocycles. The van der Waals surface area contributed by atoms with Crippen molar-refractivity contribution in [3.05, 3.63) is 42.0 Å². The predicted molar refractivity (Wildman–Crippen MR) is 84.2 cm³/mol. The smallest absolute Gasteiger partial charge is 0.221 e. The number of benzene rings is 2. The largest absolute Gasteiger partial charge is 0.504 e. The van der Waals surface area contributed by atoms with E-state index in [2.05, 4.69) is 15.5 Å². The maximum atomic E-state index is 11.3. The lowest BCUT2D eigenvalue weighted by Gasteiger charge is -2.11. The van der Waals surface area contributed by atoms with Crippen LogP contribution >= 0.6 is 0 Å². The highest BCUT2D eigenvalue weighted by atomic mass is 16.3. The zero-order chi connectivity index (χ0) is 15.7. The van der Waals surface area contributed by atoms with Gasteiger partial charge in [0.25, 0.3) is 0 Å². The zero-order valence-corrected chi connectivity index (χ0v) is 12.4. The molecule has 1 aromatic heterocycles. The number of nitrogens with zero attached hydrogens (tertiary/aromatic N) is 3. The third-order valence-corrected chi connectivity index (χ3v) is 3.37. The van der Waals surface area contributed by atoms with Gasteiger partial charge in [-0.15, -0.1) is 15.0 Å². The Bertz CT molecular complexity index is 821. The number of rotatable bonds is 3. The molecular weight excluding hydrogens is 280 g/mol. The number of nitrogens with one attached hydrogen (secondary N) is 1. The van der Waals surface area contributed by atoms with Crippen LogP contribution in [0.5, 0.6) is 5.75 Å². The van der Waals surface area contributed by atoms with Gasteiger partial charge in [0.15, 0.2) is 5.75 Å². The first-order chi connectivity index (χ1) is 10.6. The molecule has 2 N–H and O–H groups in total. The number of phenols is 1. The van der Waals surface area contributed by atoms with E-state index in [0.717, 1.165) is 23.0 Å². The van der Waals surface area contributed by atoms with Crippen LogP contribution in [0, 0.1) is 0 Å². The van der Waals surface area contributed by atoms with Gasteiger partial charge in [-0.05, 0) is 36.2 Å². The fourth-order valence-corrected chi connectivity index (χ4v) is 2.29. The molecule has 0 radical (unpaired) electrons. The lowest BCUT2D eigenvalue weighted by Crippen LogP contribution is -2.08. The summed E-state index contributed by atoms with van der Waals surface area (Å²) in [7, 11) is 0. The average molecular weight is 296 g/mol. The first kappa shape index (κ1) is 14.1. The van der Waals surface area contributed by atoms with Crippen molar-refractivity contribution in [2.75, 3.05) is 5.32 Å². The van der Waals surface area contributed by atoms with E-state index in [1.165, 1.54) is 11.7 Å². The predicted octanol–water partition coefficient (Wildman–Crippen LogP) is 2.65. The molecule has 2 aromatic carbocycles. The van der Waals surface area contributed by atoms with Gasteiger partial charge in [0.05, 0.1) is 5.69 Å². The molecule has 3 aromatic rings. The SMILES string of the molecule is CCc1cc(NC(C)=O)c(O)c(-n2nc3ccccc3n2)c1. The van der Waals surface area contributed by atoms with Crippen LogP contribution in [0.15, 0.2) is 36.4 Å². The molecule has 22 heavy (non-hydrogen) atoms. The van der Waals surface area contributed by atoms with Crippen molar-refractivity contribution in [2.45, 2.75) is 20.3 Å². The topological polar surface area (TPSA) is 80.0 Å². The highest BCUT2D eigenvalue weighted by molar-refractivity contribution is 5.91. The molecule has 0 saturated heterocycles. The van der Waals surface area contributed by atoms with Crippen molar-refractivity contribution in [1.82, 2.24) is 15.0 Å². The number of hydrogen-bond donors (Lipinski definition) is 2. The van der Waals surface area contributed by atoms with E-state index in [-0.39, 0.29) is 11.7 Å². The third kappa shape index (κ3) is 2.50. The van der Waals surface area contributed by atoms with E-state index < -0.39 is 0 Å². The summed E-state index contributed by atoms with van der Waals surface area (Å²) in [5, 5.41) is 21.8. The Morgan fingerprint density at radius 2 is 1.86 bits per heavy atom. The van der Waals surface area contributed by atoms with Crippen LogP contribution in [0.2, 0.25) is 0 Å². The van der Waals surface area contributed by atoms with Gasteiger partial charge in [-0.3, -0.25) is 4.79 Å². The van der Waals surface area contributed by atoms with Gasteiger partial charge >= 0.3 is 0 Å². The molecule has 1 amide bonds. The Labute approximate surface area is 127 Å². The van der Waals surface area contributed by atoms with Crippen LogP contribution in [-0.4, -0.2) is 26.0 Å². The van der Waals surface area contributed by atoms with Gasteiger partial charge in [0.2, 0.25) is 5.91 Å². The fourth-order valence-electron chi connectivity index (χ4n) is 2.29. The number of hydrogen-bond acceptors (Lipinski definition) is 4. The van der Waals surface area contributed by atoms with Gasteiger partial charge in [-0.1, -0.05) is 19.1 Å². The minimum atomic E-state index is -0.243. The maximum absolute atomic E-state index is 11.3. The fraction of sp³-hybridized carbons (Fsp3) is 0.188. The Balaban J connectivity index is 2.17. The number of anilines is 1. The number of carbonyl (C=O) groups excluding carboxylic acids is 1. The quantitative estimate of drug-likeness (QED) is 0.728. The number of aromatic hydroxyl groups is 1. The van der Waals surface area contributed by atoms with Gasteiger partial charge < -0.3 is 10.4 Å². The molecular formula is C16H16N4O2. The number of carbonyl (C=O) groups is 1. The second kappa shape index (κ2) is 5.48. The molecule has 0 spiro atoms. The second-order valence-electron chi connectivity index (χ2n) is 5.02. The Kier molecular flexibility index (Phi) is 3.50. The maximum Gasteiger partial charge on any atom is 0.221 e. The summed E-state index contributed by atoms with van der Waals surface area (Å²) in [4.78, 5) is 12.7. The molecule has 0 saturated carbocycles. The van der Waals surface area contributed by atoms with Crippen LogP contribution < -0.4 is 5.32 Å². The van der Waals surface area contributed by atoms with E-state index >= 15 is 0 Å². The Hall–Kier alpha value is -2.89. The van der Waals surface area contributed by atoms with E-state index in [0.29, 0.717) is 11.4 Å². The van der Waals surface area contributed by atoms with Gasteiger partial charge in [-0.25, -0.2) is 0 Å². The van der Waals surface area contributed by atoms with Crippen molar-refractivity contribution in [2.24, 2.45) is 0 Å². The van der Waals surface area contributed by atoms with Crippen molar-refractivity contribution >= 4 is 22.6 Å². The molecule has 112 valence electrons. The van der Waals surface area contributed by atoms with Crippen LogP contribution in [0.3, 0.4) is 0 Å². The zero-order valence-electron chi connectivity index (χ0n) is 12.4. The molecule has 6 nitrogen and oxygen atoms in total. The summed E-state index contributed by atoms with van der Waals surface area (Å²) in [5.74, 6) is -0.291. The van der Waals surface area contributed by atoms with Crippen LogP contribution in [0.1, 0.15) is 19.4 Å². The molecule has 0 fully saturated rings. The standard InChI is InChI=1S/C16H16N4O2/c1-3-11-8-14(17-10(2)21)16(22)15(9-11)20-18-12-6-4-5-7-13(12)19-20/h4-9,22H,3H2,1-2H3,(H,17,21). The summed E-state index contributed by atoms with van der Waals surface area (Å²) in [6.45, 7) is 3.40. The number of fused-ring (bicyclic) bond motifs is 1. The van der Waals surface area contributed by atoms with E-state index in [9.17, 15) is 9.90 Å². The van der Waals surface area contributed by atoms with Crippen LogP contribution in [-0.2, 0) is 11.2 Å². The number of phenolic OH excluding ortho intramolecular Hbond substituents is 1. The van der Waals surface area contributed by atoms with Gasteiger partial charge in [0, 0.05) is 6.92 Å². The molecule has 1 heterocycles. The molecule has 0 bridgehead atoms. The highest BCUT2D eigenvalue weighted by Gasteiger charge is 2.14. The van der Waals surface area contributed by atoms with E-state index in [1.54, 1.807) is 6.07 Å². The van der Waals surface area contributed by atoms with Crippen molar-refractivity contribution in [3.63, 3.8) is 0 Å². The normalized spacial score (nSPS) is 10.8. The number of aryl methyl sites for hydroxylation is 1. The Morgan fingerprint density at radius 1 is 1.23 bits per heavy atom. The lowest BCUT2D eigenvalue weighted by molar-refractivity contribution is -0.114. The minimum Gasteiger partial charge on any atom is -0.504 e. The summed E-state index contributed by atoms with van der Waals surface area (Å²) < 4.78 is 0.